The maximum absolute atomic E-state index is 12.5. The molecule has 28 heavy (non-hydrogen) atoms. The zero-order valence-corrected chi connectivity index (χ0v) is 16.7. The molecule has 1 amide bonds. The summed E-state index contributed by atoms with van der Waals surface area (Å²) in [4.78, 5) is 12.5. The quantitative estimate of drug-likeness (QED) is 0.465. The highest BCUT2D eigenvalue weighted by Crippen LogP contribution is 2.39. The summed E-state index contributed by atoms with van der Waals surface area (Å²) < 4.78 is 16.9. The standard InChI is InChI=1S/C22H28N2O4/c1-4-26-19-15-18(16-20(27-5-2)21(19)28-6-3)22(25)24-23-14-10-13-17-11-8-7-9-12-17/h7-9,11-12,14-16H,4-6,10,13H2,1-3H3,(H,24,25). The van der Waals surface area contributed by atoms with Crippen LogP contribution in [0.15, 0.2) is 47.6 Å². The number of benzene rings is 2. The van der Waals surface area contributed by atoms with Gasteiger partial charge in [0.1, 0.15) is 0 Å². The Morgan fingerprint density at radius 3 is 2.14 bits per heavy atom. The number of ether oxygens (including phenoxy) is 3. The van der Waals surface area contributed by atoms with Crippen molar-refractivity contribution in [1.82, 2.24) is 5.43 Å². The molecule has 0 heterocycles. The van der Waals surface area contributed by atoms with Crippen molar-refractivity contribution in [2.45, 2.75) is 33.6 Å². The molecular formula is C22H28N2O4. The number of amides is 1. The van der Waals surface area contributed by atoms with E-state index in [-0.39, 0.29) is 5.91 Å². The number of nitrogens with zero attached hydrogens (tertiary/aromatic N) is 1. The first-order valence-corrected chi connectivity index (χ1v) is 9.61. The molecule has 0 aliphatic rings. The normalized spacial score (nSPS) is 10.7. The smallest absolute Gasteiger partial charge is 0.271 e. The zero-order valence-electron chi connectivity index (χ0n) is 16.7. The molecule has 6 heteroatoms. The number of carbonyl (C=O) groups is 1. The van der Waals surface area contributed by atoms with E-state index in [1.54, 1.807) is 18.3 Å². The Hall–Kier alpha value is -3.02. The molecule has 0 saturated carbocycles. The number of rotatable bonds is 11. The Morgan fingerprint density at radius 2 is 1.57 bits per heavy atom. The molecule has 0 spiro atoms. The minimum atomic E-state index is -0.332. The second-order valence-electron chi connectivity index (χ2n) is 5.88. The van der Waals surface area contributed by atoms with Crippen molar-refractivity contribution in [3.63, 3.8) is 0 Å². The van der Waals surface area contributed by atoms with Crippen LogP contribution in [0.25, 0.3) is 0 Å². The predicted octanol–water partition coefficient (Wildman–Crippen LogP) is 4.23. The van der Waals surface area contributed by atoms with Crippen molar-refractivity contribution < 1.29 is 19.0 Å². The fraction of sp³-hybridized carbons (Fsp3) is 0.364. The Balaban J connectivity index is 2.05. The van der Waals surface area contributed by atoms with Gasteiger partial charge in [0.15, 0.2) is 11.5 Å². The lowest BCUT2D eigenvalue weighted by atomic mass is 10.1. The minimum Gasteiger partial charge on any atom is -0.490 e. The molecule has 0 atom stereocenters. The third-order valence-corrected chi connectivity index (χ3v) is 3.83. The fourth-order valence-corrected chi connectivity index (χ4v) is 2.63. The van der Waals surface area contributed by atoms with Gasteiger partial charge < -0.3 is 14.2 Å². The summed E-state index contributed by atoms with van der Waals surface area (Å²) >= 11 is 0. The van der Waals surface area contributed by atoms with Gasteiger partial charge in [-0.1, -0.05) is 30.3 Å². The first-order valence-electron chi connectivity index (χ1n) is 9.61. The van der Waals surface area contributed by atoms with Crippen molar-refractivity contribution in [2.24, 2.45) is 5.10 Å². The van der Waals surface area contributed by atoms with Gasteiger partial charge in [0.05, 0.1) is 19.8 Å². The average Bonchev–Trinajstić information content (AvgIpc) is 2.71. The van der Waals surface area contributed by atoms with E-state index >= 15 is 0 Å². The van der Waals surface area contributed by atoms with E-state index < -0.39 is 0 Å². The Morgan fingerprint density at radius 1 is 0.964 bits per heavy atom. The monoisotopic (exact) mass is 384 g/mol. The largest absolute Gasteiger partial charge is 0.490 e. The Bertz CT molecular complexity index is 748. The van der Waals surface area contributed by atoms with Gasteiger partial charge in [-0.05, 0) is 51.3 Å². The van der Waals surface area contributed by atoms with Crippen LogP contribution in [0.4, 0.5) is 0 Å². The van der Waals surface area contributed by atoms with E-state index in [1.165, 1.54) is 5.56 Å². The molecule has 2 aromatic carbocycles. The van der Waals surface area contributed by atoms with Crippen molar-refractivity contribution in [1.29, 1.82) is 0 Å². The number of aryl methyl sites for hydroxylation is 1. The first kappa shape index (κ1) is 21.3. The van der Waals surface area contributed by atoms with Gasteiger partial charge in [-0.15, -0.1) is 0 Å². The molecule has 0 bridgehead atoms. The summed E-state index contributed by atoms with van der Waals surface area (Å²) in [5.41, 5.74) is 4.18. The third-order valence-electron chi connectivity index (χ3n) is 3.83. The molecular weight excluding hydrogens is 356 g/mol. The summed E-state index contributed by atoms with van der Waals surface area (Å²) in [5, 5.41) is 4.04. The molecule has 1 N–H and O–H groups in total. The molecule has 0 aliphatic heterocycles. The molecule has 0 fully saturated rings. The number of hydrazone groups is 1. The van der Waals surface area contributed by atoms with Crippen molar-refractivity contribution in [3.8, 4) is 17.2 Å². The van der Waals surface area contributed by atoms with Gasteiger partial charge in [0.25, 0.3) is 5.91 Å². The Kier molecular flexibility index (Phi) is 8.85. The SMILES string of the molecule is CCOc1cc(C(=O)NN=CCCc2ccccc2)cc(OCC)c1OCC. The molecule has 0 aliphatic carbocycles. The lowest BCUT2D eigenvalue weighted by Crippen LogP contribution is -2.18. The molecule has 2 aromatic rings. The van der Waals surface area contributed by atoms with E-state index in [1.807, 2.05) is 39.0 Å². The van der Waals surface area contributed by atoms with Crippen LogP contribution in [0.1, 0.15) is 43.1 Å². The van der Waals surface area contributed by atoms with Gasteiger partial charge in [-0.2, -0.15) is 5.10 Å². The van der Waals surface area contributed by atoms with E-state index in [0.29, 0.717) is 42.6 Å². The van der Waals surface area contributed by atoms with Gasteiger partial charge in [0, 0.05) is 11.8 Å². The molecule has 0 radical (unpaired) electrons. The van der Waals surface area contributed by atoms with Crippen LogP contribution < -0.4 is 19.6 Å². The lowest BCUT2D eigenvalue weighted by Gasteiger charge is -2.16. The van der Waals surface area contributed by atoms with E-state index in [4.69, 9.17) is 14.2 Å². The first-order chi connectivity index (χ1) is 13.7. The van der Waals surface area contributed by atoms with E-state index in [2.05, 4.69) is 22.7 Å². The topological polar surface area (TPSA) is 69.2 Å². The second kappa shape index (κ2) is 11.6. The van der Waals surface area contributed by atoms with Crippen LogP contribution >= 0.6 is 0 Å². The Labute approximate surface area is 166 Å². The van der Waals surface area contributed by atoms with Crippen LogP contribution in [0.3, 0.4) is 0 Å². The third kappa shape index (κ3) is 6.30. The summed E-state index contributed by atoms with van der Waals surface area (Å²) in [6.07, 6.45) is 3.31. The summed E-state index contributed by atoms with van der Waals surface area (Å²) in [5.74, 6) is 1.14. The van der Waals surface area contributed by atoms with Gasteiger partial charge in [-0.25, -0.2) is 5.43 Å². The van der Waals surface area contributed by atoms with E-state index in [0.717, 1.165) is 12.8 Å². The van der Waals surface area contributed by atoms with Gasteiger partial charge in [0.2, 0.25) is 5.75 Å². The van der Waals surface area contributed by atoms with Crippen molar-refractivity contribution >= 4 is 12.1 Å². The van der Waals surface area contributed by atoms with Crippen LogP contribution in [0.2, 0.25) is 0 Å². The highest BCUT2D eigenvalue weighted by Gasteiger charge is 2.18. The molecule has 2 rings (SSSR count). The number of carbonyl (C=O) groups excluding carboxylic acids is 1. The second-order valence-corrected chi connectivity index (χ2v) is 5.88. The van der Waals surface area contributed by atoms with Crippen LogP contribution in [-0.4, -0.2) is 31.9 Å². The molecule has 0 aromatic heterocycles. The maximum Gasteiger partial charge on any atom is 0.271 e. The van der Waals surface area contributed by atoms with Crippen LogP contribution in [0, 0.1) is 0 Å². The molecule has 0 unspecified atom stereocenters. The summed E-state index contributed by atoms with van der Waals surface area (Å²) in [6.45, 7) is 7.01. The molecule has 150 valence electrons. The van der Waals surface area contributed by atoms with E-state index in [9.17, 15) is 4.79 Å². The highest BCUT2D eigenvalue weighted by atomic mass is 16.5. The number of nitrogens with one attached hydrogen (secondary N) is 1. The predicted molar refractivity (Wildman–Crippen MR) is 111 cm³/mol. The summed E-state index contributed by atoms with van der Waals surface area (Å²) in [6, 6.07) is 13.4. The van der Waals surface area contributed by atoms with Crippen molar-refractivity contribution in [3.05, 3.63) is 53.6 Å². The van der Waals surface area contributed by atoms with Crippen molar-refractivity contribution in [2.75, 3.05) is 19.8 Å². The number of hydrogen-bond donors (Lipinski definition) is 1. The molecule has 0 saturated heterocycles. The van der Waals surface area contributed by atoms with Crippen LogP contribution in [0.5, 0.6) is 17.2 Å². The lowest BCUT2D eigenvalue weighted by molar-refractivity contribution is 0.0954. The highest BCUT2D eigenvalue weighted by molar-refractivity contribution is 5.95. The minimum absolute atomic E-state index is 0.332. The van der Waals surface area contributed by atoms with Gasteiger partial charge >= 0.3 is 0 Å². The summed E-state index contributed by atoms with van der Waals surface area (Å²) in [7, 11) is 0. The van der Waals surface area contributed by atoms with Gasteiger partial charge in [-0.3, -0.25) is 4.79 Å². The maximum atomic E-state index is 12.5. The average molecular weight is 384 g/mol. The molecule has 6 nitrogen and oxygen atoms in total. The fourth-order valence-electron chi connectivity index (χ4n) is 2.63. The number of hydrogen-bond acceptors (Lipinski definition) is 5. The van der Waals surface area contributed by atoms with Crippen LogP contribution in [-0.2, 0) is 6.42 Å². The zero-order chi connectivity index (χ0) is 20.2.